The maximum atomic E-state index is 13.9. The third kappa shape index (κ3) is 5.07. The van der Waals surface area contributed by atoms with Crippen molar-refractivity contribution >= 4 is 40.6 Å². The Balaban J connectivity index is 1.35. The number of hydrogen-bond acceptors (Lipinski definition) is 6. The number of anilines is 2. The Morgan fingerprint density at radius 3 is 2.69 bits per heavy atom. The van der Waals surface area contributed by atoms with Crippen LogP contribution in [0.3, 0.4) is 0 Å². The Hall–Kier alpha value is -2.58. The number of amides is 1. The van der Waals surface area contributed by atoms with Gasteiger partial charge in [0.05, 0.1) is 5.75 Å². The topological polar surface area (TPSA) is 71.3 Å². The van der Waals surface area contributed by atoms with Gasteiger partial charge in [0.15, 0.2) is 0 Å². The summed E-state index contributed by atoms with van der Waals surface area (Å²) in [7, 11) is 0. The van der Waals surface area contributed by atoms with Crippen LogP contribution in [0.15, 0.2) is 52.1 Å². The summed E-state index contributed by atoms with van der Waals surface area (Å²) >= 11 is 6.99. The molecule has 1 amide bonds. The van der Waals surface area contributed by atoms with E-state index in [4.69, 9.17) is 16.0 Å². The first-order chi connectivity index (χ1) is 14.1. The Kier molecular flexibility index (Phi) is 6.01. The SMILES string of the molecule is O=C(CSc1nnc(-c2ccc(Cl)cc2)o1)Nc1cc(F)cc(N2CCCC2)c1. The van der Waals surface area contributed by atoms with E-state index in [2.05, 4.69) is 20.4 Å². The molecule has 0 saturated carbocycles. The zero-order valence-electron chi connectivity index (χ0n) is 15.4. The predicted octanol–water partition coefficient (Wildman–Crippen LogP) is 4.86. The highest BCUT2D eigenvalue weighted by atomic mass is 35.5. The lowest BCUT2D eigenvalue weighted by atomic mass is 10.2. The average Bonchev–Trinajstić information content (AvgIpc) is 3.39. The quantitative estimate of drug-likeness (QED) is 0.561. The number of halogens is 2. The van der Waals surface area contributed by atoms with Gasteiger partial charge < -0.3 is 14.6 Å². The van der Waals surface area contributed by atoms with Crippen molar-refractivity contribution in [1.29, 1.82) is 0 Å². The van der Waals surface area contributed by atoms with Crippen molar-refractivity contribution in [3.05, 3.63) is 53.3 Å². The minimum atomic E-state index is -0.373. The van der Waals surface area contributed by atoms with Gasteiger partial charge in [-0.05, 0) is 55.3 Å². The van der Waals surface area contributed by atoms with Crippen molar-refractivity contribution in [2.24, 2.45) is 0 Å². The number of nitrogens with zero attached hydrogens (tertiary/aromatic N) is 3. The van der Waals surface area contributed by atoms with E-state index in [9.17, 15) is 9.18 Å². The van der Waals surface area contributed by atoms with Crippen LogP contribution in [0.4, 0.5) is 15.8 Å². The molecule has 1 fully saturated rings. The molecule has 2 heterocycles. The molecule has 1 aliphatic rings. The smallest absolute Gasteiger partial charge is 0.277 e. The third-order valence-corrected chi connectivity index (χ3v) is 5.53. The highest BCUT2D eigenvalue weighted by Gasteiger charge is 2.15. The number of hydrogen-bond donors (Lipinski definition) is 1. The van der Waals surface area contributed by atoms with Gasteiger partial charge in [-0.15, -0.1) is 10.2 Å². The van der Waals surface area contributed by atoms with Crippen molar-refractivity contribution in [3.63, 3.8) is 0 Å². The first-order valence-corrected chi connectivity index (χ1v) is 10.5. The number of carbonyl (C=O) groups is 1. The predicted molar refractivity (Wildman–Crippen MR) is 112 cm³/mol. The average molecular weight is 433 g/mol. The number of carbonyl (C=O) groups excluding carboxylic acids is 1. The Morgan fingerprint density at radius 2 is 1.93 bits per heavy atom. The van der Waals surface area contributed by atoms with Crippen LogP contribution in [0.25, 0.3) is 11.5 Å². The number of thioether (sulfide) groups is 1. The Morgan fingerprint density at radius 1 is 1.17 bits per heavy atom. The largest absolute Gasteiger partial charge is 0.411 e. The van der Waals surface area contributed by atoms with Gasteiger partial charge in [-0.1, -0.05) is 23.4 Å². The summed E-state index contributed by atoms with van der Waals surface area (Å²) in [5.41, 5.74) is 1.97. The normalized spacial score (nSPS) is 13.7. The number of aromatic nitrogens is 2. The summed E-state index contributed by atoms with van der Waals surface area (Å²) in [5, 5.41) is 11.5. The second-order valence-electron chi connectivity index (χ2n) is 6.61. The molecule has 0 unspecified atom stereocenters. The standard InChI is InChI=1S/C20H18ClFN4O2S/c21-14-5-3-13(4-6-14)19-24-25-20(28-19)29-12-18(27)23-16-9-15(22)10-17(11-16)26-7-1-2-8-26/h3-6,9-11H,1-2,7-8,12H2,(H,23,27). The lowest BCUT2D eigenvalue weighted by Crippen LogP contribution is -2.19. The van der Waals surface area contributed by atoms with Crippen LogP contribution in [0, 0.1) is 5.82 Å². The van der Waals surface area contributed by atoms with E-state index in [1.807, 2.05) is 0 Å². The summed E-state index contributed by atoms with van der Waals surface area (Å²) in [6.07, 6.45) is 2.19. The van der Waals surface area contributed by atoms with Gasteiger partial charge in [0.1, 0.15) is 5.82 Å². The van der Waals surface area contributed by atoms with Crippen molar-refractivity contribution in [1.82, 2.24) is 10.2 Å². The van der Waals surface area contributed by atoms with E-state index in [0.29, 0.717) is 16.6 Å². The van der Waals surface area contributed by atoms with Gasteiger partial charge >= 0.3 is 0 Å². The second-order valence-corrected chi connectivity index (χ2v) is 7.97. The van der Waals surface area contributed by atoms with Crippen LogP contribution < -0.4 is 10.2 Å². The lowest BCUT2D eigenvalue weighted by molar-refractivity contribution is -0.113. The molecule has 1 saturated heterocycles. The van der Waals surface area contributed by atoms with E-state index in [0.717, 1.165) is 48.9 Å². The summed E-state index contributed by atoms with van der Waals surface area (Å²) in [6, 6.07) is 11.6. The molecule has 4 rings (SSSR count). The Bertz CT molecular complexity index is 1010. The van der Waals surface area contributed by atoms with Gasteiger partial charge in [-0.3, -0.25) is 4.79 Å². The van der Waals surface area contributed by atoms with Crippen LogP contribution in [0.2, 0.25) is 5.02 Å². The number of benzene rings is 2. The van der Waals surface area contributed by atoms with Crippen molar-refractivity contribution in [3.8, 4) is 11.5 Å². The van der Waals surface area contributed by atoms with Gasteiger partial charge in [0.25, 0.3) is 5.22 Å². The van der Waals surface area contributed by atoms with Gasteiger partial charge in [0.2, 0.25) is 11.8 Å². The second kappa shape index (κ2) is 8.84. The molecule has 150 valence electrons. The molecule has 3 aromatic rings. The summed E-state index contributed by atoms with van der Waals surface area (Å²) in [5.74, 6) is -0.233. The van der Waals surface area contributed by atoms with E-state index in [1.165, 1.54) is 12.1 Å². The van der Waals surface area contributed by atoms with E-state index in [1.54, 1.807) is 30.3 Å². The van der Waals surface area contributed by atoms with Crippen LogP contribution >= 0.6 is 23.4 Å². The minimum absolute atomic E-state index is 0.0673. The van der Waals surface area contributed by atoms with Crippen molar-refractivity contribution in [2.45, 2.75) is 18.1 Å². The summed E-state index contributed by atoms with van der Waals surface area (Å²) in [4.78, 5) is 14.4. The fourth-order valence-corrected chi connectivity index (χ4v) is 3.79. The zero-order chi connectivity index (χ0) is 20.2. The molecule has 0 spiro atoms. The van der Waals surface area contributed by atoms with Crippen molar-refractivity contribution < 1.29 is 13.6 Å². The fraction of sp³-hybridized carbons (Fsp3) is 0.250. The number of rotatable bonds is 6. The number of nitrogens with one attached hydrogen (secondary N) is 1. The molecular weight excluding hydrogens is 415 g/mol. The molecule has 1 aliphatic heterocycles. The highest BCUT2D eigenvalue weighted by molar-refractivity contribution is 7.99. The van der Waals surface area contributed by atoms with Crippen LogP contribution in [0.5, 0.6) is 0 Å². The van der Waals surface area contributed by atoms with Gasteiger partial charge in [-0.25, -0.2) is 4.39 Å². The molecule has 29 heavy (non-hydrogen) atoms. The molecule has 0 radical (unpaired) electrons. The van der Waals surface area contributed by atoms with Crippen LogP contribution in [-0.4, -0.2) is 34.9 Å². The maximum absolute atomic E-state index is 13.9. The molecule has 0 aliphatic carbocycles. The maximum Gasteiger partial charge on any atom is 0.277 e. The molecular formula is C20H18ClFN4O2S. The monoisotopic (exact) mass is 432 g/mol. The van der Waals surface area contributed by atoms with Crippen molar-refractivity contribution in [2.75, 3.05) is 29.1 Å². The van der Waals surface area contributed by atoms with Gasteiger partial charge in [0, 0.05) is 35.1 Å². The molecule has 2 aromatic carbocycles. The molecule has 1 aromatic heterocycles. The first-order valence-electron chi connectivity index (χ1n) is 9.14. The van der Waals surface area contributed by atoms with Gasteiger partial charge in [-0.2, -0.15) is 0 Å². The van der Waals surface area contributed by atoms with E-state index >= 15 is 0 Å². The van der Waals surface area contributed by atoms with Crippen LogP contribution in [-0.2, 0) is 4.79 Å². The molecule has 1 N–H and O–H groups in total. The molecule has 0 atom stereocenters. The summed E-state index contributed by atoms with van der Waals surface area (Å²) < 4.78 is 19.5. The molecule has 6 nitrogen and oxygen atoms in total. The minimum Gasteiger partial charge on any atom is -0.411 e. The highest BCUT2D eigenvalue weighted by Crippen LogP contribution is 2.27. The fourth-order valence-electron chi connectivity index (χ4n) is 3.11. The van der Waals surface area contributed by atoms with E-state index in [-0.39, 0.29) is 22.7 Å². The van der Waals surface area contributed by atoms with Crippen LogP contribution in [0.1, 0.15) is 12.8 Å². The molecule has 9 heteroatoms. The third-order valence-electron chi connectivity index (χ3n) is 4.46. The zero-order valence-corrected chi connectivity index (χ0v) is 17.0. The summed E-state index contributed by atoms with van der Waals surface area (Å²) in [6.45, 7) is 1.81. The molecule has 0 bridgehead atoms. The van der Waals surface area contributed by atoms with E-state index < -0.39 is 0 Å². The first kappa shape index (κ1) is 19.7. The lowest BCUT2D eigenvalue weighted by Gasteiger charge is -2.18. The Labute approximate surface area is 176 Å².